The van der Waals surface area contributed by atoms with Crippen LogP contribution in [0.15, 0.2) is 81.7 Å². The molecule has 8 heteroatoms. The molecule has 0 unspecified atom stereocenters. The van der Waals surface area contributed by atoms with Gasteiger partial charge in [0.1, 0.15) is 11.6 Å². The second-order valence-electron chi connectivity index (χ2n) is 6.38. The molecule has 146 valence electrons. The van der Waals surface area contributed by atoms with Gasteiger partial charge in [0.05, 0.1) is 0 Å². The fourth-order valence-corrected chi connectivity index (χ4v) is 3.77. The number of aryl methyl sites for hydroxylation is 1. The molecule has 0 spiro atoms. The lowest BCUT2D eigenvalue weighted by atomic mass is 10.1. The second kappa shape index (κ2) is 8.32. The maximum atomic E-state index is 12.7. The highest BCUT2D eigenvalue weighted by molar-refractivity contribution is 7.99. The van der Waals surface area contributed by atoms with Crippen molar-refractivity contribution in [1.82, 2.24) is 19.2 Å². The van der Waals surface area contributed by atoms with Crippen molar-refractivity contribution in [3.8, 4) is 0 Å². The lowest BCUT2D eigenvalue weighted by Crippen LogP contribution is -2.28. The molecular formula is C21H19N5O2S. The summed E-state index contributed by atoms with van der Waals surface area (Å²) in [6, 6.07) is 17.4. The van der Waals surface area contributed by atoms with E-state index in [4.69, 9.17) is 0 Å². The number of carbonyl (C=O) groups is 1. The number of nitrogens with one attached hydrogen (secondary N) is 1. The molecule has 4 aromatic rings. The van der Waals surface area contributed by atoms with E-state index in [9.17, 15) is 9.59 Å². The fourth-order valence-electron chi connectivity index (χ4n) is 2.91. The highest BCUT2D eigenvalue weighted by Crippen LogP contribution is 2.27. The maximum absolute atomic E-state index is 12.7. The van der Waals surface area contributed by atoms with Gasteiger partial charge in [-0.05, 0) is 36.2 Å². The van der Waals surface area contributed by atoms with Gasteiger partial charge in [-0.1, -0.05) is 49.0 Å². The molecule has 0 radical (unpaired) electrons. The smallest absolute Gasteiger partial charge is 0.324 e. The van der Waals surface area contributed by atoms with Gasteiger partial charge in [-0.25, -0.2) is 18.9 Å². The van der Waals surface area contributed by atoms with Gasteiger partial charge in [0.15, 0.2) is 5.65 Å². The summed E-state index contributed by atoms with van der Waals surface area (Å²) in [4.78, 5) is 30.5. The first-order valence-electron chi connectivity index (χ1n) is 9.20. The summed E-state index contributed by atoms with van der Waals surface area (Å²) >= 11 is 1.42. The molecule has 29 heavy (non-hydrogen) atoms. The third kappa shape index (κ3) is 4.22. The molecule has 0 bridgehead atoms. The average Bonchev–Trinajstić information content (AvgIpc) is 3.05. The maximum Gasteiger partial charge on any atom is 0.350 e. The monoisotopic (exact) mass is 405 g/mol. The van der Waals surface area contributed by atoms with E-state index >= 15 is 0 Å². The lowest BCUT2D eigenvalue weighted by molar-refractivity contribution is -0.117. The zero-order valence-electron chi connectivity index (χ0n) is 15.8. The Morgan fingerprint density at radius 1 is 1.14 bits per heavy atom. The minimum atomic E-state index is -0.380. The standard InChI is InChI=1S/C21H19N5O2S/c1-2-15-7-6-8-16(13-15)23-18(27)14-26-21(28)25-12-11-22-20(19(25)24-26)29-17-9-4-3-5-10-17/h3-13H,2,14H2,1H3,(H,23,27). The number of hydrogen-bond donors (Lipinski definition) is 1. The van der Waals surface area contributed by atoms with Crippen molar-refractivity contribution in [2.24, 2.45) is 0 Å². The predicted molar refractivity (Wildman–Crippen MR) is 112 cm³/mol. The molecule has 0 aliphatic rings. The van der Waals surface area contributed by atoms with E-state index in [0.717, 1.165) is 21.6 Å². The van der Waals surface area contributed by atoms with Crippen LogP contribution in [0.1, 0.15) is 12.5 Å². The van der Waals surface area contributed by atoms with Crippen molar-refractivity contribution in [3.05, 3.63) is 83.0 Å². The molecule has 0 aliphatic carbocycles. The van der Waals surface area contributed by atoms with Crippen LogP contribution < -0.4 is 11.0 Å². The number of anilines is 1. The summed E-state index contributed by atoms with van der Waals surface area (Å²) in [5, 5.41) is 7.77. The molecule has 1 amide bonds. The van der Waals surface area contributed by atoms with Crippen LogP contribution in [0.3, 0.4) is 0 Å². The Bertz CT molecular complexity index is 1220. The van der Waals surface area contributed by atoms with Crippen LogP contribution in [-0.2, 0) is 17.8 Å². The Kier molecular flexibility index (Phi) is 5.44. The first-order valence-corrected chi connectivity index (χ1v) is 10.0. The van der Waals surface area contributed by atoms with Crippen LogP contribution in [0.25, 0.3) is 5.65 Å². The SMILES string of the molecule is CCc1cccc(NC(=O)Cn2nc3c(Sc4ccccc4)nccn3c2=O)c1. The molecule has 2 heterocycles. The number of rotatable bonds is 6. The largest absolute Gasteiger partial charge is 0.350 e. The number of aromatic nitrogens is 4. The van der Waals surface area contributed by atoms with Gasteiger partial charge in [-0.3, -0.25) is 4.79 Å². The van der Waals surface area contributed by atoms with Crippen LogP contribution in [-0.4, -0.2) is 25.1 Å². The van der Waals surface area contributed by atoms with E-state index in [1.54, 1.807) is 12.4 Å². The van der Waals surface area contributed by atoms with Gasteiger partial charge in [0, 0.05) is 23.0 Å². The number of fused-ring (bicyclic) bond motifs is 1. The van der Waals surface area contributed by atoms with Crippen LogP contribution >= 0.6 is 11.8 Å². The number of amides is 1. The zero-order valence-corrected chi connectivity index (χ0v) is 16.6. The Labute approximate surface area is 171 Å². The van der Waals surface area contributed by atoms with Gasteiger partial charge in [0.2, 0.25) is 5.91 Å². The first kappa shape index (κ1) is 18.9. The van der Waals surface area contributed by atoms with Crippen molar-refractivity contribution in [2.45, 2.75) is 29.8 Å². The number of benzene rings is 2. The average molecular weight is 405 g/mol. The van der Waals surface area contributed by atoms with Crippen LogP contribution in [0.2, 0.25) is 0 Å². The van der Waals surface area contributed by atoms with E-state index < -0.39 is 0 Å². The van der Waals surface area contributed by atoms with Gasteiger partial charge < -0.3 is 5.32 Å². The molecule has 2 aromatic heterocycles. The normalized spacial score (nSPS) is 10.9. The summed E-state index contributed by atoms with van der Waals surface area (Å²) < 4.78 is 2.56. The second-order valence-corrected chi connectivity index (χ2v) is 7.45. The molecule has 0 fully saturated rings. The molecule has 0 aliphatic heterocycles. The van der Waals surface area contributed by atoms with Crippen LogP contribution in [0.5, 0.6) is 0 Å². The molecule has 0 atom stereocenters. The highest BCUT2D eigenvalue weighted by Gasteiger charge is 2.15. The summed E-state index contributed by atoms with van der Waals surface area (Å²) in [6.45, 7) is 1.88. The van der Waals surface area contributed by atoms with Crippen molar-refractivity contribution >= 4 is 29.0 Å². The fraction of sp³-hybridized carbons (Fsp3) is 0.143. The van der Waals surface area contributed by atoms with Crippen molar-refractivity contribution in [2.75, 3.05) is 5.32 Å². The molecule has 7 nitrogen and oxygen atoms in total. The lowest BCUT2D eigenvalue weighted by Gasteiger charge is -2.06. The Morgan fingerprint density at radius 2 is 1.97 bits per heavy atom. The van der Waals surface area contributed by atoms with E-state index in [1.807, 2.05) is 54.6 Å². The predicted octanol–water partition coefficient (Wildman–Crippen LogP) is 3.24. The summed E-state index contributed by atoms with van der Waals surface area (Å²) in [6.07, 6.45) is 3.99. The summed E-state index contributed by atoms with van der Waals surface area (Å²) in [5.41, 5.74) is 1.87. The topological polar surface area (TPSA) is 81.3 Å². The van der Waals surface area contributed by atoms with E-state index in [-0.39, 0.29) is 18.1 Å². The van der Waals surface area contributed by atoms with Gasteiger partial charge in [-0.2, -0.15) is 0 Å². The van der Waals surface area contributed by atoms with Crippen LogP contribution in [0.4, 0.5) is 5.69 Å². The summed E-state index contributed by atoms with van der Waals surface area (Å²) in [7, 11) is 0. The minimum Gasteiger partial charge on any atom is -0.324 e. The van der Waals surface area contributed by atoms with Crippen molar-refractivity contribution < 1.29 is 4.79 Å². The van der Waals surface area contributed by atoms with E-state index in [0.29, 0.717) is 16.4 Å². The molecule has 0 saturated heterocycles. The molecule has 2 aromatic carbocycles. The highest BCUT2D eigenvalue weighted by atomic mass is 32.2. The third-order valence-corrected chi connectivity index (χ3v) is 5.33. The van der Waals surface area contributed by atoms with E-state index in [2.05, 4.69) is 22.3 Å². The zero-order chi connectivity index (χ0) is 20.2. The molecular weight excluding hydrogens is 386 g/mol. The van der Waals surface area contributed by atoms with Gasteiger partial charge in [-0.15, -0.1) is 5.10 Å². The van der Waals surface area contributed by atoms with Gasteiger partial charge in [0.25, 0.3) is 0 Å². The Morgan fingerprint density at radius 3 is 2.76 bits per heavy atom. The third-order valence-electron chi connectivity index (χ3n) is 4.34. The quantitative estimate of drug-likeness (QED) is 0.533. The minimum absolute atomic E-state index is 0.174. The van der Waals surface area contributed by atoms with Crippen molar-refractivity contribution in [3.63, 3.8) is 0 Å². The number of nitrogens with zero attached hydrogens (tertiary/aromatic N) is 4. The first-order chi connectivity index (χ1) is 14.1. The Hall–Kier alpha value is -3.39. The molecule has 0 saturated carbocycles. The van der Waals surface area contributed by atoms with Crippen molar-refractivity contribution in [1.29, 1.82) is 0 Å². The summed E-state index contributed by atoms with van der Waals surface area (Å²) in [5.74, 6) is -0.311. The number of carbonyl (C=O) groups excluding carboxylic acids is 1. The number of hydrogen-bond acceptors (Lipinski definition) is 5. The molecule has 1 N–H and O–H groups in total. The van der Waals surface area contributed by atoms with Gasteiger partial charge >= 0.3 is 5.69 Å². The van der Waals surface area contributed by atoms with E-state index in [1.165, 1.54) is 16.2 Å². The van der Waals surface area contributed by atoms with Crippen LogP contribution in [0, 0.1) is 0 Å². The molecule has 4 rings (SSSR count). The Balaban J connectivity index is 1.58.